The number of hydrogen-bond acceptors (Lipinski definition) is 2. The lowest BCUT2D eigenvalue weighted by Crippen LogP contribution is -1.99. The molecule has 0 aliphatic rings. The molecular formula is C9H9NO. The first-order valence-corrected chi connectivity index (χ1v) is 3.44. The van der Waals surface area contributed by atoms with Crippen LogP contribution < -0.4 is 0 Å². The number of aliphatic hydroxyl groups is 1. The molecule has 0 aliphatic carbocycles. The normalized spacial score (nSPS) is 12.0. The average Bonchev–Trinajstić information content (AvgIpc) is 2.09. The topological polar surface area (TPSA) is 44.0 Å². The Labute approximate surface area is 65.7 Å². The lowest BCUT2D eigenvalue weighted by atomic mass is 10.0. The Morgan fingerprint density at radius 2 is 2.00 bits per heavy atom. The number of nitrogens with zero attached hydrogens (tertiary/aromatic N) is 1. The number of hydrogen-bond donors (Lipinski definition) is 1. The molecule has 1 rings (SSSR count). The molecule has 0 spiro atoms. The van der Waals surface area contributed by atoms with Gasteiger partial charge in [0.25, 0.3) is 0 Å². The maximum Gasteiger partial charge on any atom is 0.0943 e. The first-order chi connectivity index (χ1) is 5.38. The quantitative estimate of drug-likeness (QED) is 0.684. The van der Waals surface area contributed by atoms with Gasteiger partial charge in [0.2, 0.25) is 0 Å². The van der Waals surface area contributed by atoms with Gasteiger partial charge in [-0.2, -0.15) is 5.26 Å². The monoisotopic (exact) mass is 147 g/mol. The smallest absolute Gasteiger partial charge is 0.0943 e. The Hall–Kier alpha value is -1.33. The molecule has 0 aliphatic heterocycles. The van der Waals surface area contributed by atoms with Crippen molar-refractivity contribution in [2.24, 2.45) is 0 Å². The summed E-state index contributed by atoms with van der Waals surface area (Å²) in [6.45, 7) is -0.111. The molecule has 2 heteroatoms. The van der Waals surface area contributed by atoms with Gasteiger partial charge in [-0.25, -0.2) is 0 Å². The first kappa shape index (κ1) is 7.77. The van der Waals surface area contributed by atoms with Crippen LogP contribution in [-0.2, 0) is 0 Å². The Morgan fingerprint density at radius 3 is 2.45 bits per heavy atom. The molecule has 0 aromatic heterocycles. The highest BCUT2D eigenvalue weighted by Gasteiger charge is 2.06. The lowest BCUT2D eigenvalue weighted by Gasteiger charge is -2.03. The molecule has 0 radical (unpaired) electrons. The van der Waals surface area contributed by atoms with Crippen LogP contribution in [0.5, 0.6) is 0 Å². The molecule has 0 saturated carbocycles. The van der Waals surface area contributed by atoms with Gasteiger partial charge >= 0.3 is 0 Å². The Balaban J connectivity index is 2.85. The minimum Gasteiger partial charge on any atom is -0.395 e. The van der Waals surface area contributed by atoms with Gasteiger partial charge in [0, 0.05) is 0 Å². The van der Waals surface area contributed by atoms with Crippen molar-refractivity contribution in [2.75, 3.05) is 6.61 Å². The highest BCUT2D eigenvalue weighted by molar-refractivity contribution is 5.24. The van der Waals surface area contributed by atoms with E-state index in [0.717, 1.165) is 5.56 Å². The molecule has 0 bridgehead atoms. The molecule has 1 aromatic rings. The molecule has 0 fully saturated rings. The Bertz CT molecular complexity index is 250. The molecular weight excluding hydrogens is 138 g/mol. The summed E-state index contributed by atoms with van der Waals surface area (Å²) >= 11 is 0. The molecule has 1 atom stereocenters. The van der Waals surface area contributed by atoms with Crippen LogP contribution in [0.2, 0.25) is 0 Å². The van der Waals surface area contributed by atoms with Crippen LogP contribution in [0.4, 0.5) is 0 Å². The van der Waals surface area contributed by atoms with E-state index in [9.17, 15) is 0 Å². The van der Waals surface area contributed by atoms with E-state index in [4.69, 9.17) is 10.4 Å². The van der Waals surface area contributed by atoms with E-state index in [1.165, 1.54) is 0 Å². The molecule has 2 nitrogen and oxygen atoms in total. The van der Waals surface area contributed by atoms with E-state index in [-0.39, 0.29) is 12.5 Å². The third kappa shape index (κ3) is 1.79. The van der Waals surface area contributed by atoms with Crippen LogP contribution in [0.1, 0.15) is 11.5 Å². The standard InChI is InChI=1S/C9H9NO/c10-6-9(7-11)8-4-2-1-3-5-8/h1-5,9,11H,7H2. The zero-order chi connectivity index (χ0) is 8.10. The fourth-order valence-electron chi connectivity index (χ4n) is 0.906. The molecule has 1 unspecified atom stereocenters. The Kier molecular flexibility index (Phi) is 2.65. The van der Waals surface area contributed by atoms with Crippen LogP contribution in [0.15, 0.2) is 30.3 Å². The van der Waals surface area contributed by atoms with Crippen molar-refractivity contribution < 1.29 is 5.11 Å². The fourth-order valence-corrected chi connectivity index (χ4v) is 0.906. The van der Waals surface area contributed by atoms with E-state index >= 15 is 0 Å². The van der Waals surface area contributed by atoms with Crippen molar-refractivity contribution in [3.8, 4) is 6.07 Å². The van der Waals surface area contributed by atoms with Crippen molar-refractivity contribution >= 4 is 0 Å². The van der Waals surface area contributed by atoms with E-state index in [1.54, 1.807) is 0 Å². The summed E-state index contributed by atoms with van der Waals surface area (Å²) in [4.78, 5) is 0. The van der Waals surface area contributed by atoms with Gasteiger partial charge < -0.3 is 5.11 Å². The summed E-state index contributed by atoms with van der Waals surface area (Å²) in [7, 11) is 0. The van der Waals surface area contributed by atoms with Gasteiger partial charge in [-0.1, -0.05) is 30.3 Å². The van der Waals surface area contributed by atoms with Crippen LogP contribution in [-0.4, -0.2) is 11.7 Å². The minimum absolute atomic E-state index is 0.111. The van der Waals surface area contributed by atoms with Crippen LogP contribution in [0.3, 0.4) is 0 Å². The van der Waals surface area contributed by atoms with Crippen molar-refractivity contribution in [2.45, 2.75) is 5.92 Å². The van der Waals surface area contributed by atoms with Gasteiger partial charge in [-0.05, 0) is 5.56 Å². The van der Waals surface area contributed by atoms with Gasteiger partial charge in [0.1, 0.15) is 0 Å². The molecule has 0 saturated heterocycles. The number of aliphatic hydroxyl groups excluding tert-OH is 1. The van der Waals surface area contributed by atoms with Gasteiger partial charge in [-0.15, -0.1) is 0 Å². The molecule has 11 heavy (non-hydrogen) atoms. The Morgan fingerprint density at radius 1 is 1.36 bits per heavy atom. The molecule has 0 amide bonds. The summed E-state index contributed by atoms with van der Waals surface area (Å²) in [5.41, 5.74) is 0.873. The third-order valence-electron chi connectivity index (χ3n) is 1.54. The second kappa shape index (κ2) is 3.75. The van der Waals surface area contributed by atoms with Crippen molar-refractivity contribution in [3.05, 3.63) is 35.9 Å². The number of rotatable bonds is 2. The first-order valence-electron chi connectivity index (χ1n) is 3.44. The zero-order valence-corrected chi connectivity index (χ0v) is 6.07. The summed E-state index contributed by atoms with van der Waals surface area (Å²) in [6.07, 6.45) is 0. The average molecular weight is 147 g/mol. The van der Waals surface area contributed by atoms with E-state index in [0.29, 0.717) is 0 Å². The maximum atomic E-state index is 8.76. The van der Waals surface area contributed by atoms with E-state index in [1.807, 2.05) is 36.4 Å². The van der Waals surface area contributed by atoms with E-state index < -0.39 is 0 Å². The van der Waals surface area contributed by atoms with Gasteiger partial charge in [0.05, 0.1) is 18.6 Å². The third-order valence-corrected chi connectivity index (χ3v) is 1.54. The van der Waals surface area contributed by atoms with Crippen molar-refractivity contribution in [3.63, 3.8) is 0 Å². The van der Waals surface area contributed by atoms with Crippen LogP contribution in [0, 0.1) is 11.3 Å². The maximum absolute atomic E-state index is 8.76. The summed E-state index contributed by atoms with van der Waals surface area (Å²) in [5.74, 6) is -0.379. The van der Waals surface area contributed by atoms with Crippen LogP contribution in [0.25, 0.3) is 0 Å². The van der Waals surface area contributed by atoms with Crippen LogP contribution >= 0.6 is 0 Å². The number of benzene rings is 1. The molecule has 1 N–H and O–H groups in total. The van der Waals surface area contributed by atoms with Crippen molar-refractivity contribution in [1.82, 2.24) is 0 Å². The summed E-state index contributed by atoms with van der Waals surface area (Å²) in [5, 5.41) is 17.3. The molecule has 0 heterocycles. The largest absolute Gasteiger partial charge is 0.395 e. The van der Waals surface area contributed by atoms with Gasteiger partial charge in [-0.3, -0.25) is 0 Å². The highest BCUT2D eigenvalue weighted by Crippen LogP contribution is 2.12. The second-order valence-corrected chi connectivity index (χ2v) is 2.27. The SMILES string of the molecule is N#CC(CO)c1ccccc1. The predicted octanol–water partition coefficient (Wildman–Crippen LogP) is 1.29. The minimum atomic E-state index is -0.379. The summed E-state index contributed by atoms with van der Waals surface area (Å²) in [6, 6.07) is 11.3. The molecule has 56 valence electrons. The lowest BCUT2D eigenvalue weighted by molar-refractivity contribution is 0.286. The summed E-state index contributed by atoms with van der Waals surface area (Å²) < 4.78 is 0. The highest BCUT2D eigenvalue weighted by atomic mass is 16.3. The van der Waals surface area contributed by atoms with Gasteiger partial charge in [0.15, 0.2) is 0 Å². The second-order valence-electron chi connectivity index (χ2n) is 2.27. The predicted molar refractivity (Wildman–Crippen MR) is 41.9 cm³/mol. The fraction of sp³-hybridized carbons (Fsp3) is 0.222. The number of nitriles is 1. The van der Waals surface area contributed by atoms with E-state index in [2.05, 4.69) is 0 Å². The zero-order valence-electron chi connectivity index (χ0n) is 6.07. The molecule has 1 aromatic carbocycles. The van der Waals surface area contributed by atoms with Crippen molar-refractivity contribution in [1.29, 1.82) is 5.26 Å².